The van der Waals surface area contributed by atoms with E-state index < -0.39 is 192 Å². The molecule has 27 nitrogen and oxygen atoms in total. The highest BCUT2D eigenvalue weighted by Crippen LogP contribution is 2.34. The Balaban J connectivity index is 1.33. The fourth-order valence-corrected chi connectivity index (χ4v) is 7.58. The van der Waals surface area contributed by atoms with Crippen LogP contribution >= 0.6 is 0 Å². The van der Waals surface area contributed by atoms with Gasteiger partial charge < -0.3 is 125 Å². The lowest BCUT2D eigenvalue weighted by molar-refractivity contribution is -0.367. The zero-order chi connectivity index (χ0) is 45.2. The highest BCUT2D eigenvalue weighted by molar-refractivity contribution is 5.73. The summed E-state index contributed by atoms with van der Waals surface area (Å²) in [7, 11) is 0. The van der Waals surface area contributed by atoms with E-state index in [1.54, 1.807) is 0 Å². The van der Waals surface area contributed by atoms with Crippen molar-refractivity contribution in [3.63, 3.8) is 0 Å². The molecular formula is C34H58N2O25. The number of nitrogens with one attached hydrogen (secondary N) is 2. The zero-order valence-corrected chi connectivity index (χ0v) is 33.0. The average Bonchev–Trinajstić information content (AvgIpc) is 3.21. The summed E-state index contributed by atoms with van der Waals surface area (Å²) in [4.78, 5) is 24.5. The van der Waals surface area contributed by atoms with Gasteiger partial charge in [0.05, 0.1) is 32.5 Å². The summed E-state index contributed by atoms with van der Waals surface area (Å²) in [6.45, 7) is 0.353. The third-order valence-electron chi connectivity index (χ3n) is 11.0. The summed E-state index contributed by atoms with van der Waals surface area (Å²) in [5.74, 6) is -1.50. The smallest absolute Gasteiger partial charge is 0.217 e. The second-order valence-corrected chi connectivity index (χ2v) is 15.5. The third kappa shape index (κ3) is 11.1. The normalized spacial score (nSPS) is 49.6. The van der Waals surface area contributed by atoms with Crippen LogP contribution in [0.1, 0.15) is 20.8 Å². The van der Waals surface area contributed by atoms with Crippen LogP contribution in [0.4, 0.5) is 0 Å². The summed E-state index contributed by atoms with van der Waals surface area (Å²) in [5.41, 5.74) is 0. The van der Waals surface area contributed by atoms with Crippen LogP contribution < -0.4 is 10.6 Å². The molecule has 5 rings (SSSR count). The Morgan fingerprint density at radius 3 is 1.46 bits per heavy atom. The highest BCUT2D eigenvalue weighted by atomic mass is 16.8. The molecule has 2 amide bonds. The first-order chi connectivity index (χ1) is 28.7. The van der Waals surface area contributed by atoms with E-state index in [1.165, 1.54) is 6.92 Å². The minimum atomic E-state index is -2.05. The predicted molar refractivity (Wildman–Crippen MR) is 188 cm³/mol. The standard InChI is InChI=1S/C34H58N2O25/c1-8-17(41)22(46)25(49)32(55-8)54-7-14-29(20(44)15(30(52)56-14)35-9(2)39)60-31-16(36-10(3)40)21(45)28(12(5-38)58-31)61-34-27(51)24(48)19(43)13(59-34)6-53-33-26(50)23(47)18(42)11(4-37)57-33/h8,11-34,37-38,41-52H,4-7H2,1-3H3,(H,35,39)(H,36,40)/t8-,11+,12+,13+,14+,15+,16+,17+,18+,19+,20+,21+,22+,23-,24-,25-,26-,27-,28+,29+,30?,31-,32+,33-,34-/m0/s1. The van der Waals surface area contributed by atoms with Crippen LogP contribution in [0.3, 0.4) is 0 Å². The fraction of sp³-hybridized carbons (Fsp3) is 0.941. The zero-order valence-electron chi connectivity index (χ0n) is 33.0. The number of hydrogen-bond donors (Lipinski definition) is 16. The monoisotopic (exact) mass is 894 g/mol. The molecule has 0 bridgehead atoms. The van der Waals surface area contributed by atoms with Gasteiger partial charge in [0.15, 0.2) is 31.5 Å². The van der Waals surface area contributed by atoms with E-state index >= 15 is 0 Å². The molecule has 5 saturated heterocycles. The van der Waals surface area contributed by atoms with Crippen molar-refractivity contribution in [3.8, 4) is 0 Å². The quantitative estimate of drug-likeness (QED) is 0.0770. The van der Waals surface area contributed by atoms with Crippen LogP contribution in [0.5, 0.6) is 0 Å². The van der Waals surface area contributed by atoms with Crippen LogP contribution in [-0.4, -0.2) is 263 Å². The number of amides is 2. The number of carbonyl (C=O) groups is 2. The van der Waals surface area contributed by atoms with E-state index in [9.17, 15) is 81.1 Å². The molecule has 5 aliphatic heterocycles. The van der Waals surface area contributed by atoms with Crippen LogP contribution in [0.2, 0.25) is 0 Å². The van der Waals surface area contributed by atoms with Gasteiger partial charge in [0.1, 0.15) is 116 Å². The van der Waals surface area contributed by atoms with E-state index in [1.807, 2.05) is 0 Å². The second-order valence-electron chi connectivity index (χ2n) is 15.5. The van der Waals surface area contributed by atoms with Crippen molar-refractivity contribution in [2.24, 2.45) is 0 Å². The lowest BCUT2D eigenvalue weighted by Crippen LogP contribution is -2.70. The first kappa shape index (κ1) is 50.0. The number of rotatable bonds is 14. The molecule has 0 spiro atoms. The Labute approximate surface area is 346 Å². The van der Waals surface area contributed by atoms with Gasteiger partial charge in [-0.15, -0.1) is 0 Å². The maximum Gasteiger partial charge on any atom is 0.217 e. The largest absolute Gasteiger partial charge is 0.394 e. The minimum absolute atomic E-state index is 0.676. The molecule has 5 heterocycles. The first-order valence-corrected chi connectivity index (χ1v) is 19.4. The first-order valence-electron chi connectivity index (χ1n) is 19.4. The Bertz CT molecular complexity index is 1420. The second kappa shape index (κ2) is 21.3. The summed E-state index contributed by atoms with van der Waals surface area (Å²) in [6, 6.07) is -3.23. The lowest BCUT2D eigenvalue weighted by Gasteiger charge is -2.49. The van der Waals surface area contributed by atoms with Crippen LogP contribution in [-0.2, 0) is 52.2 Å². The van der Waals surface area contributed by atoms with Crippen LogP contribution in [0.25, 0.3) is 0 Å². The molecule has 5 fully saturated rings. The lowest BCUT2D eigenvalue weighted by atomic mass is 9.94. The molecule has 0 radical (unpaired) electrons. The molecule has 1 unspecified atom stereocenters. The van der Waals surface area contributed by atoms with E-state index in [0.29, 0.717) is 0 Å². The van der Waals surface area contributed by atoms with Gasteiger partial charge in [-0.1, -0.05) is 0 Å². The van der Waals surface area contributed by atoms with E-state index in [4.69, 9.17) is 42.6 Å². The highest BCUT2D eigenvalue weighted by Gasteiger charge is 2.55. The van der Waals surface area contributed by atoms with Crippen LogP contribution in [0.15, 0.2) is 0 Å². The minimum Gasteiger partial charge on any atom is -0.394 e. The number of ether oxygens (including phenoxy) is 9. The summed E-state index contributed by atoms with van der Waals surface area (Å²) in [5, 5.41) is 152. The van der Waals surface area contributed by atoms with E-state index in [0.717, 1.165) is 13.8 Å². The van der Waals surface area contributed by atoms with Crippen molar-refractivity contribution in [2.75, 3.05) is 26.4 Å². The molecule has 27 heteroatoms. The van der Waals surface area contributed by atoms with Gasteiger partial charge in [0.25, 0.3) is 0 Å². The average molecular weight is 895 g/mol. The Morgan fingerprint density at radius 2 is 0.885 bits per heavy atom. The number of aliphatic hydroxyl groups is 14. The molecule has 354 valence electrons. The topological polar surface area (TPSA) is 424 Å². The SMILES string of the molecule is CC(=O)N[C@H]1[C@H](O[C@H]2[C@H](O)[C@@H](NC(C)=O)C(O)O[C@@H]2CO[C@@H]2O[C@@H](C)[C@@H](O)[C@@H](O)[C@@H]2O)O[C@H](CO)[C@@H](O[C@@H]2O[C@H](CO[C@H]3O[C@H](CO)[C@@H](O)[C@H](O)[C@@H]3O)[C@@H](O)[C@H](O)[C@@H]2O)[C@@H]1O. The molecule has 61 heavy (non-hydrogen) atoms. The van der Waals surface area contributed by atoms with E-state index in [-0.39, 0.29) is 0 Å². The Morgan fingerprint density at radius 1 is 0.459 bits per heavy atom. The van der Waals surface area contributed by atoms with Gasteiger partial charge in [-0.25, -0.2) is 0 Å². The van der Waals surface area contributed by atoms with Gasteiger partial charge in [-0.05, 0) is 6.92 Å². The number of aliphatic hydroxyl groups excluding tert-OH is 14. The van der Waals surface area contributed by atoms with Gasteiger partial charge in [0, 0.05) is 13.8 Å². The summed E-state index contributed by atoms with van der Waals surface area (Å²) >= 11 is 0. The third-order valence-corrected chi connectivity index (χ3v) is 11.0. The predicted octanol–water partition coefficient (Wildman–Crippen LogP) is -10.6. The molecule has 0 aliphatic carbocycles. The van der Waals surface area contributed by atoms with Gasteiger partial charge in [-0.2, -0.15) is 0 Å². The maximum atomic E-state index is 12.5. The van der Waals surface area contributed by atoms with Crippen molar-refractivity contribution in [2.45, 2.75) is 174 Å². The summed E-state index contributed by atoms with van der Waals surface area (Å²) < 4.78 is 50.8. The van der Waals surface area contributed by atoms with E-state index in [2.05, 4.69) is 10.6 Å². The molecule has 0 aromatic carbocycles. The van der Waals surface area contributed by atoms with Crippen molar-refractivity contribution in [1.29, 1.82) is 0 Å². The number of carbonyl (C=O) groups excluding carboxylic acids is 2. The van der Waals surface area contributed by atoms with Crippen molar-refractivity contribution < 1.29 is 124 Å². The molecular weight excluding hydrogens is 836 g/mol. The van der Waals surface area contributed by atoms with Crippen molar-refractivity contribution >= 4 is 11.8 Å². The summed E-state index contributed by atoms with van der Waals surface area (Å²) in [6.07, 6.45) is -39.7. The molecule has 16 N–H and O–H groups in total. The van der Waals surface area contributed by atoms with Gasteiger partial charge >= 0.3 is 0 Å². The van der Waals surface area contributed by atoms with Crippen molar-refractivity contribution in [3.05, 3.63) is 0 Å². The number of hydrogen-bond acceptors (Lipinski definition) is 25. The Kier molecular flexibility index (Phi) is 17.5. The van der Waals surface area contributed by atoms with Crippen LogP contribution in [0, 0.1) is 0 Å². The molecule has 0 aromatic heterocycles. The van der Waals surface area contributed by atoms with Gasteiger partial charge in [-0.3, -0.25) is 9.59 Å². The molecule has 25 atom stereocenters. The molecule has 0 aromatic rings. The molecule has 5 aliphatic rings. The Hall–Kier alpha value is -1.98. The fourth-order valence-electron chi connectivity index (χ4n) is 7.58. The molecule has 0 saturated carbocycles. The van der Waals surface area contributed by atoms with Crippen molar-refractivity contribution in [1.82, 2.24) is 10.6 Å². The van der Waals surface area contributed by atoms with Gasteiger partial charge in [0.2, 0.25) is 11.8 Å². The maximum absolute atomic E-state index is 12.5.